The molecule has 0 aliphatic carbocycles. The summed E-state index contributed by atoms with van der Waals surface area (Å²) in [5.41, 5.74) is 0. The second-order valence-corrected chi connectivity index (χ2v) is 6.75. The average Bonchev–Trinajstić information content (AvgIpc) is 3.26. The molecule has 2 saturated heterocycles. The van der Waals surface area contributed by atoms with Crippen molar-refractivity contribution in [1.29, 1.82) is 0 Å². The van der Waals surface area contributed by atoms with Crippen LogP contribution in [0, 0.1) is 0 Å². The second kappa shape index (κ2) is 8.53. The molecular weight excluding hydrogens is 308 g/mol. The predicted octanol–water partition coefficient (Wildman–Crippen LogP) is 0.687. The quantitative estimate of drug-likeness (QED) is 0.729. The fourth-order valence-electron chi connectivity index (χ4n) is 3.70. The van der Waals surface area contributed by atoms with Gasteiger partial charge in [-0.1, -0.05) is 0 Å². The molecule has 0 unspecified atom stereocenters. The summed E-state index contributed by atoms with van der Waals surface area (Å²) < 4.78 is 6.86. The number of hydrogen-bond acceptors (Lipinski definition) is 6. The lowest BCUT2D eigenvalue weighted by atomic mass is 9.99. The minimum atomic E-state index is 0.116. The number of ether oxygens (including phenoxy) is 1. The van der Waals surface area contributed by atoms with E-state index in [4.69, 9.17) is 4.74 Å². The maximum Gasteiger partial charge on any atom is 0.244 e. The lowest BCUT2D eigenvalue weighted by Gasteiger charge is -2.35. The number of carbonyl (C=O) groups excluding carboxylic acids is 1. The molecule has 2 aliphatic heterocycles. The van der Waals surface area contributed by atoms with Crippen molar-refractivity contribution in [1.82, 2.24) is 30.0 Å². The van der Waals surface area contributed by atoms with Crippen LogP contribution < -0.4 is 0 Å². The van der Waals surface area contributed by atoms with Crippen LogP contribution in [0.2, 0.25) is 0 Å². The van der Waals surface area contributed by atoms with Gasteiger partial charge in [0.2, 0.25) is 5.91 Å². The molecular formula is C16H28N6O2. The number of amides is 1. The normalized spacial score (nSPS) is 22.2. The number of carbonyl (C=O) groups is 1. The first-order valence-corrected chi connectivity index (χ1v) is 9.03. The summed E-state index contributed by atoms with van der Waals surface area (Å²) in [4.78, 5) is 17.1. The number of rotatable bonds is 7. The van der Waals surface area contributed by atoms with Gasteiger partial charge in [-0.3, -0.25) is 9.69 Å². The molecule has 1 aromatic rings. The Kier molecular flexibility index (Phi) is 6.14. The highest BCUT2D eigenvalue weighted by atomic mass is 16.5. The van der Waals surface area contributed by atoms with Crippen LogP contribution >= 0.6 is 0 Å². The molecule has 8 nitrogen and oxygen atoms in total. The molecule has 3 heterocycles. The lowest BCUT2D eigenvalue weighted by molar-refractivity contribution is -0.136. The van der Waals surface area contributed by atoms with Crippen LogP contribution in [0.5, 0.6) is 0 Å². The monoisotopic (exact) mass is 336 g/mol. The van der Waals surface area contributed by atoms with Crippen molar-refractivity contribution in [2.24, 2.45) is 0 Å². The Bertz CT molecular complexity index is 528. The molecule has 134 valence electrons. The third-order valence-corrected chi connectivity index (χ3v) is 5.06. The predicted molar refractivity (Wildman–Crippen MR) is 88.2 cm³/mol. The largest absolute Gasteiger partial charge is 0.385 e. The maximum atomic E-state index is 12.8. The molecule has 8 heteroatoms. The number of nitrogens with zero attached hydrogens (tertiary/aromatic N) is 6. The Hall–Kier alpha value is -1.54. The van der Waals surface area contributed by atoms with Crippen LogP contribution in [0.15, 0.2) is 0 Å². The summed E-state index contributed by atoms with van der Waals surface area (Å²) in [6.45, 7) is 4.67. The molecule has 1 aromatic heterocycles. The molecule has 1 amide bonds. The highest BCUT2D eigenvalue weighted by molar-refractivity contribution is 5.76. The van der Waals surface area contributed by atoms with Gasteiger partial charge in [-0.2, -0.15) is 0 Å². The number of tetrazole rings is 1. The van der Waals surface area contributed by atoms with E-state index in [1.54, 1.807) is 11.8 Å². The molecule has 3 rings (SSSR count). The third-order valence-electron chi connectivity index (χ3n) is 5.06. The molecule has 0 saturated carbocycles. The summed E-state index contributed by atoms with van der Waals surface area (Å²) >= 11 is 0. The van der Waals surface area contributed by atoms with Gasteiger partial charge in [0.1, 0.15) is 6.54 Å². The Balaban J connectivity index is 1.60. The van der Waals surface area contributed by atoms with Crippen LogP contribution in [0.25, 0.3) is 0 Å². The molecule has 0 radical (unpaired) electrons. The van der Waals surface area contributed by atoms with Gasteiger partial charge in [-0.25, -0.2) is 4.68 Å². The van der Waals surface area contributed by atoms with Gasteiger partial charge in [-0.05, 0) is 62.0 Å². The van der Waals surface area contributed by atoms with Gasteiger partial charge in [-0.15, -0.1) is 5.10 Å². The zero-order valence-electron chi connectivity index (χ0n) is 14.6. The lowest BCUT2D eigenvalue weighted by Crippen LogP contribution is -2.46. The van der Waals surface area contributed by atoms with E-state index in [2.05, 4.69) is 20.4 Å². The van der Waals surface area contributed by atoms with Gasteiger partial charge < -0.3 is 9.64 Å². The van der Waals surface area contributed by atoms with Gasteiger partial charge in [0.05, 0.1) is 6.54 Å². The standard InChI is InChI=1S/C16H28N6O2/c1-24-11-7-14-6-2-3-10-21(14)16(23)13-22-15(17-18-19-22)12-20-8-4-5-9-20/h14H,2-13H2,1H3/t14-/m0/s1. The smallest absolute Gasteiger partial charge is 0.244 e. The van der Waals surface area contributed by atoms with E-state index in [0.717, 1.165) is 51.3 Å². The molecule has 1 atom stereocenters. The molecule has 0 bridgehead atoms. The Morgan fingerprint density at radius 1 is 1.21 bits per heavy atom. The van der Waals surface area contributed by atoms with Crippen molar-refractivity contribution in [3.63, 3.8) is 0 Å². The van der Waals surface area contributed by atoms with Crippen molar-refractivity contribution < 1.29 is 9.53 Å². The van der Waals surface area contributed by atoms with Crippen molar-refractivity contribution in [2.75, 3.05) is 33.4 Å². The molecule has 2 fully saturated rings. The Morgan fingerprint density at radius 3 is 2.79 bits per heavy atom. The number of hydrogen-bond donors (Lipinski definition) is 0. The third kappa shape index (κ3) is 4.30. The molecule has 24 heavy (non-hydrogen) atoms. The first kappa shape index (κ1) is 17.3. The SMILES string of the molecule is COCC[C@@H]1CCCCN1C(=O)Cn1nnnc1CN1CCCC1. The summed E-state index contributed by atoms with van der Waals surface area (Å²) in [5.74, 6) is 0.904. The number of methoxy groups -OCH3 is 1. The topological polar surface area (TPSA) is 76.4 Å². The number of aromatic nitrogens is 4. The van der Waals surface area contributed by atoms with E-state index in [9.17, 15) is 4.79 Å². The Labute approximate surface area is 143 Å². The second-order valence-electron chi connectivity index (χ2n) is 6.75. The van der Waals surface area contributed by atoms with E-state index >= 15 is 0 Å². The molecule has 2 aliphatic rings. The van der Waals surface area contributed by atoms with E-state index in [1.165, 1.54) is 19.3 Å². The van der Waals surface area contributed by atoms with Gasteiger partial charge >= 0.3 is 0 Å². The van der Waals surface area contributed by atoms with Crippen LogP contribution in [0.1, 0.15) is 44.3 Å². The van der Waals surface area contributed by atoms with Crippen molar-refractivity contribution in [3.8, 4) is 0 Å². The van der Waals surface area contributed by atoms with Crippen LogP contribution in [-0.4, -0.2) is 75.3 Å². The fourth-order valence-corrected chi connectivity index (χ4v) is 3.70. The number of piperidine rings is 1. The molecule has 0 aromatic carbocycles. The zero-order chi connectivity index (χ0) is 16.8. The average molecular weight is 336 g/mol. The highest BCUT2D eigenvalue weighted by Gasteiger charge is 2.27. The van der Waals surface area contributed by atoms with Crippen molar-refractivity contribution in [2.45, 2.75) is 57.7 Å². The maximum absolute atomic E-state index is 12.8. The summed E-state index contributed by atoms with van der Waals surface area (Å²) in [7, 11) is 1.71. The van der Waals surface area contributed by atoms with Crippen molar-refractivity contribution >= 4 is 5.91 Å². The van der Waals surface area contributed by atoms with Crippen molar-refractivity contribution in [3.05, 3.63) is 5.82 Å². The first-order valence-electron chi connectivity index (χ1n) is 9.03. The molecule has 0 N–H and O–H groups in total. The van der Waals surface area contributed by atoms with E-state index in [0.29, 0.717) is 6.61 Å². The summed E-state index contributed by atoms with van der Waals surface area (Å²) in [5, 5.41) is 11.9. The van der Waals surface area contributed by atoms with Crippen LogP contribution in [-0.2, 0) is 22.6 Å². The minimum absolute atomic E-state index is 0.116. The van der Waals surface area contributed by atoms with Gasteiger partial charge in [0.15, 0.2) is 5.82 Å². The number of likely N-dealkylation sites (tertiary alicyclic amines) is 2. The minimum Gasteiger partial charge on any atom is -0.385 e. The zero-order valence-corrected chi connectivity index (χ0v) is 14.6. The van der Waals surface area contributed by atoms with E-state index in [1.807, 2.05) is 4.90 Å². The van der Waals surface area contributed by atoms with Crippen LogP contribution in [0.4, 0.5) is 0 Å². The summed E-state index contributed by atoms with van der Waals surface area (Å²) in [6.07, 6.45) is 6.68. The first-order chi connectivity index (χ1) is 11.8. The van der Waals surface area contributed by atoms with Gasteiger partial charge in [0, 0.05) is 26.3 Å². The van der Waals surface area contributed by atoms with E-state index < -0.39 is 0 Å². The van der Waals surface area contributed by atoms with E-state index in [-0.39, 0.29) is 18.5 Å². The highest BCUT2D eigenvalue weighted by Crippen LogP contribution is 2.20. The van der Waals surface area contributed by atoms with Crippen LogP contribution in [0.3, 0.4) is 0 Å². The summed E-state index contributed by atoms with van der Waals surface area (Å²) in [6, 6.07) is 0.282. The van der Waals surface area contributed by atoms with Gasteiger partial charge in [0.25, 0.3) is 0 Å². The molecule has 0 spiro atoms. The Morgan fingerprint density at radius 2 is 2.00 bits per heavy atom. The fraction of sp³-hybridized carbons (Fsp3) is 0.875.